The van der Waals surface area contributed by atoms with Crippen molar-refractivity contribution < 1.29 is 13.2 Å². The van der Waals surface area contributed by atoms with Gasteiger partial charge >= 0.3 is 0 Å². The summed E-state index contributed by atoms with van der Waals surface area (Å²) in [6.07, 6.45) is 0. The van der Waals surface area contributed by atoms with Crippen LogP contribution in [0.5, 0.6) is 0 Å². The zero-order valence-corrected chi connectivity index (χ0v) is 17.2. The predicted octanol–water partition coefficient (Wildman–Crippen LogP) is 1.43. The molecule has 0 radical (unpaired) electrons. The second-order valence-electron chi connectivity index (χ2n) is 6.95. The number of aryl methyl sites for hydroxylation is 1. The maximum atomic E-state index is 12.5. The zero-order chi connectivity index (χ0) is 19.6. The highest BCUT2D eigenvalue weighted by molar-refractivity contribution is 7.89. The van der Waals surface area contributed by atoms with Gasteiger partial charge in [0.2, 0.25) is 15.9 Å². The molecule has 0 aromatic heterocycles. The standard InChI is InChI=1S/C19H24N4O3S.ClH/c1-13-7-8-15(27(21,25)26)9-18(13)22-19(24)12-23-10-16(17(20)11-23)14-5-3-2-4-6-14;/h2-9,16-17H,10-12,20H2,1H3,(H,22,24)(H2,21,25,26);1H/t16-,17+;/m0./s1. The Morgan fingerprint density at radius 1 is 1.18 bits per heavy atom. The summed E-state index contributed by atoms with van der Waals surface area (Å²) in [4.78, 5) is 14.4. The number of nitrogens with one attached hydrogen (secondary N) is 1. The van der Waals surface area contributed by atoms with Gasteiger partial charge in [0.05, 0.1) is 11.4 Å². The van der Waals surface area contributed by atoms with Gasteiger partial charge in [-0.3, -0.25) is 9.69 Å². The van der Waals surface area contributed by atoms with Crippen LogP contribution < -0.4 is 16.2 Å². The number of halogens is 1. The van der Waals surface area contributed by atoms with Gasteiger partial charge < -0.3 is 11.1 Å². The Bertz CT molecular complexity index is 937. The van der Waals surface area contributed by atoms with Gasteiger partial charge in [0, 0.05) is 30.7 Å². The monoisotopic (exact) mass is 424 g/mol. The topological polar surface area (TPSA) is 119 Å². The molecule has 1 fully saturated rings. The van der Waals surface area contributed by atoms with E-state index in [-0.39, 0.29) is 41.7 Å². The number of rotatable bonds is 5. The van der Waals surface area contributed by atoms with Gasteiger partial charge in [-0.1, -0.05) is 36.4 Å². The maximum Gasteiger partial charge on any atom is 0.238 e. The molecule has 0 aliphatic carbocycles. The van der Waals surface area contributed by atoms with E-state index in [1.165, 1.54) is 17.7 Å². The molecule has 1 amide bonds. The minimum absolute atomic E-state index is 0. The van der Waals surface area contributed by atoms with E-state index in [9.17, 15) is 13.2 Å². The molecule has 0 saturated carbocycles. The lowest BCUT2D eigenvalue weighted by atomic mass is 9.95. The van der Waals surface area contributed by atoms with Crippen molar-refractivity contribution in [2.24, 2.45) is 10.9 Å². The van der Waals surface area contributed by atoms with Crippen LogP contribution in [0.2, 0.25) is 0 Å². The predicted molar refractivity (Wildman–Crippen MR) is 112 cm³/mol. The van der Waals surface area contributed by atoms with E-state index in [1.54, 1.807) is 13.0 Å². The number of nitrogens with zero attached hydrogens (tertiary/aromatic N) is 1. The van der Waals surface area contributed by atoms with Crippen molar-refractivity contribution >= 4 is 34.0 Å². The third-order valence-electron chi connectivity index (χ3n) is 4.85. The molecule has 1 aliphatic rings. The van der Waals surface area contributed by atoms with Crippen molar-refractivity contribution in [2.75, 3.05) is 25.0 Å². The molecule has 0 spiro atoms. The third kappa shape index (κ3) is 5.30. The molecule has 7 nitrogen and oxygen atoms in total. The van der Waals surface area contributed by atoms with Crippen LogP contribution in [-0.4, -0.2) is 44.9 Å². The van der Waals surface area contributed by atoms with E-state index in [0.29, 0.717) is 18.8 Å². The number of amides is 1. The second kappa shape index (κ2) is 9.02. The van der Waals surface area contributed by atoms with Crippen molar-refractivity contribution in [2.45, 2.75) is 23.8 Å². The number of benzene rings is 2. The SMILES string of the molecule is Cc1ccc(S(N)(=O)=O)cc1NC(=O)CN1C[C@@H](N)[C@H](c2ccccc2)C1.Cl. The fraction of sp³-hybridized carbons (Fsp3) is 0.316. The van der Waals surface area contributed by atoms with Crippen LogP contribution in [-0.2, 0) is 14.8 Å². The summed E-state index contributed by atoms with van der Waals surface area (Å²) >= 11 is 0. The van der Waals surface area contributed by atoms with Gasteiger partial charge in [0.1, 0.15) is 0 Å². The summed E-state index contributed by atoms with van der Waals surface area (Å²) in [6.45, 7) is 3.31. The average molecular weight is 425 g/mol. The zero-order valence-electron chi connectivity index (χ0n) is 15.5. The van der Waals surface area contributed by atoms with Crippen molar-refractivity contribution in [1.82, 2.24) is 4.90 Å². The average Bonchev–Trinajstić information content (AvgIpc) is 2.96. The van der Waals surface area contributed by atoms with Crippen molar-refractivity contribution in [3.05, 3.63) is 59.7 Å². The molecule has 2 aromatic rings. The van der Waals surface area contributed by atoms with Gasteiger partial charge in [-0.05, 0) is 30.2 Å². The van der Waals surface area contributed by atoms with Crippen LogP contribution in [0.1, 0.15) is 17.0 Å². The van der Waals surface area contributed by atoms with Gasteiger partial charge in [0.25, 0.3) is 0 Å². The summed E-state index contributed by atoms with van der Waals surface area (Å²) in [6, 6.07) is 14.4. The number of carbonyl (C=O) groups is 1. The number of nitrogens with two attached hydrogens (primary N) is 2. The Kier molecular flexibility index (Phi) is 7.19. The van der Waals surface area contributed by atoms with Crippen LogP contribution in [0.15, 0.2) is 53.4 Å². The Balaban J connectivity index is 0.00000280. The van der Waals surface area contributed by atoms with Crippen LogP contribution in [0.25, 0.3) is 0 Å². The minimum atomic E-state index is -3.82. The normalized spacial score (nSPS) is 19.8. The third-order valence-corrected chi connectivity index (χ3v) is 5.76. The largest absolute Gasteiger partial charge is 0.326 e. The molecule has 2 aromatic carbocycles. The van der Waals surface area contributed by atoms with Gasteiger partial charge in [-0.15, -0.1) is 12.4 Å². The lowest BCUT2D eigenvalue weighted by Crippen LogP contribution is -2.34. The van der Waals surface area contributed by atoms with E-state index in [1.807, 2.05) is 23.1 Å². The van der Waals surface area contributed by atoms with E-state index in [4.69, 9.17) is 10.9 Å². The number of sulfonamides is 1. The first kappa shape index (κ1) is 22.3. The molecule has 28 heavy (non-hydrogen) atoms. The number of primary sulfonamides is 1. The Hall–Kier alpha value is -1.97. The minimum Gasteiger partial charge on any atom is -0.326 e. The smallest absolute Gasteiger partial charge is 0.238 e. The highest BCUT2D eigenvalue weighted by Crippen LogP contribution is 2.26. The highest BCUT2D eigenvalue weighted by atomic mass is 35.5. The van der Waals surface area contributed by atoms with Crippen LogP contribution in [0.4, 0.5) is 5.69 Å². The molecule has 0 unspecified atom stereocenters. The molecular weight excluding hydrogens is 400 g/mol. The lowest BCUT2D eigenvalue weighted by Gasteiger charge is -2.16. The van der Waals surface area contributed by atoms with E-state index < -0.39 is 10.0 Å². The molecular formula is C19H25ClN4O3S. The summed E-state index contributed by atoms with van der Waals surface area (Å²) in [5.74, 6) is -0.0305. The summed E-state index contributed by atoms with van der Waals surface area (Å²) in [5, 5.41) is 7.94. The molecule has 0 bridgehead atoms. The Labute approximate surface area is 171 Å². The van der Waals surface area contributed by atoms with Gasteiger partial charge in [-0.25, -0.2) is 13.6 Å². The van der Waals surface area contributed by atoms with Crippen molar-refractivity contribution in [3.63, 3.8) is 0 Å². The molecule has 152 valence electrons. The van der Waals surface area contributed by atoms with Gasteiger partial charge in [0.15, 0.2) is 0 Å². The maximum absolute atomic E-state index is 12.5. The lowest BCUT2D eigenvalue weighted by molar-refractivity contribution is -0.117. The van der Waals surface area contributed by atoms with Gasteiger partial charge in [-0.2, -0.15) is 0 Å². The van der Waals surface area contributed by atoms with Crippen LogP contribution in [0, 0.1) is 6.92 Å². The number of anilines is 1. The second-order valence-corrected chi connectivity index (χ2v) is 8.51. The number of hydrogen-bond donors (Lipinski definition) is 3. The van der Waals surface area contributed by atoms with Crippen molar-refractivity contribution in [3.8, 4) is 0 Å². The molecule has 2 atom stereocenters. The Morgan fingerprint density at radius 2 is 1.86 bits per heavy atom. The molecule has 5 N–H and O–H groups in total. The first-order chi connectivity index (χ1) is 12.7. The Morgan fingerprint density at radius 3 is 2.50 bits per heavy atom. The first-order valence-electron chi connectivity index (χ1n) is 8.70. The van der Waals surface area contributed by atoms with E-state index in [0.717, 1.165) is 5.56 Å². The molecule has 9 heteroatoms. The number of hydrogen-bond acceptors (Lipinski definition) is 5. The summed E-state index contributed by atoms with van der Waals surface area (Å²) in [5.41, 5.74) is 8.64. The number of likely N-dealkylation sites (tertiary alicyclic amines) is 1. The van der Waals surface area contributed by atoms with E-state index in [2.05, 4.69) is 17.4 Å². The number of carbonyl (C=O) groups excluding carboxylic acids is 1. The fourth-order valence-corrected chi connectivity index (χ4v) is 3.94. The van der Waals surface area contributed by atoms with Crippen LogP contribution >= 0.6 is 12.4 Å². The highest BCUT2D eigenvalue weighted by Gasteiger charge is 2.32. The van der Waals surface area contributed by atoms with Crippen LogP contribution in [0.3, 0.4) is 0 Å². The first-order valence-corrected chi connectivity index (χ1v) is 10.2. The molecule has 3 rings (SSSR count). The summed E-state index contributed by atoms with van der Waals surface area (Å²) in [7, 11) is -3.82. The molecule has 1 heterocycles. The fourth-order valence-electron chi connectivity index (χ4n) is 3.40. The molecule has 1 saturated heterocycles. The summed E-state index contributed by atoms with van der Waals surface area (Å²) < 4.78 is 23.0. The molecule has 1 aliphatic heterocycles. The quantitative estimate of drug-likeness (QED) is 0.670. The van der Waals surface area contributed by atoms with E-state index >= 15 is 0 Å². The van der Waals surface area contributed by atoms with Crippen molar-refractivity contribution in [1.29, 1.82) is 0 Å².